The third-order valence-corrected chi connectivity index (χ3v) is 9.32. The largest absolute Gasteiger partial charge is 0.493 e. The summed E-state index contributed by atoms with van der Waals surface area (Å²) in [5.41, 5.74) is 5.17. The minimum Gasteiger partial charge on any atom is -0.493 e. The molecule has 0 aromatic rings. The predicted octanol–water partition coefficient (Wildman–Crippen LogP) is 2.82. The zero-order valence-corrected chi connectivity index (χ0v) is 15.2. The zero-order chi connectivity index (χ0) is 16.8. The minimum absolute atomic E-state index is 0.144. The molecule has 0 aliphatic carbocycles. The third-order valence-electron chi connectivity index (χ3n) is 4.19. The molecule has 0 saturated carbocycles. The van der Waals surface area contributed by atoms with Gasteiger partial charge in [0, 0.05) is 10.1 Å². The maximum Gasteiger partial charge on any atom is 0.405 e. The highest BCUT2D eigenvalue weighted by molar-refractivity contribution is 6.73. The second-order valence-electron chi connectivity index (χ2n) is 7.91. The van der Waals surface area contributed by atoms with E-state index in [0.717, 1.165) is 0 Å². The summed E-state index contributed by atoms with van der Waals surface area (Å²) in [6.07, 6.45) is 1.14. The number of hydrogen-bond acceptors (Lipinski definition) is 5. The van der Waals surface area contributed by atoms with E-state index in [9.17, 15) is 4.79 Å². The number of nitrogens with two attached hydrogens (primary N) is 1. The lowest BCUT2D eigenvalue weighted by atomic mass is 10.1. The SMILES string of the molecule is CC(C)(C)[Si]1(C(C)(C)C)OC[C@H]2OC=C[C@@H](OC(N)=O)[C@@H]2O1. The monoisotopic (exact) mass is 329 g/mol. The number of fused-ring (bicyclic) bond motifs is 1. The highest BCUT2D eigenvalue weighted by Gasteiger charge is 2.63. The lowest BCUT2D eigenvalue weighted by Crippen LogP contribution is -2.67. The van der Waals surface area contributed by atoms with Crippen molar-refractivity contribution in [2.45, 2.75) is 69.9 Å². The zero-order valence-electron chi connectivity index (χ0n) is 14.2. The van der Waals surface area contributed by atoms with Crippen molar-refractivity contribution in [3.05, 3.63) is 12.3 Å². The van der Waals surface area contributed by atoms with Crippen LogP contribution in [0.2, 0.25) is 10.1 Å². The molecule has 6 nitrogen and oxygen atoms in total. The number of amides is 1. The van der Waals surface area contributed by atoms with Gasteiger partial charge < -0.3 is 24.1 Å². The first-order valence-corrected chi connectivity index (χ1v) is 9.39. The molecule has 2 N–H and O–H groups in total. The first-order valence-electron chi connectivity index (χ1n) is 7.58. The molecule has 3 atom stereocenters. The van der Waals surface area contributed by atoms with Gasteiger partial charge in [-0.15, -0.1) is 0 Å². The molecule has 2 heterocycles. The molecular weight excluding hydrogens is 302 g/mol. The third kappa shape index (κ3) is 2.89. The van der Waals surface area contributed by atoms with E-state index in [1.165, 1.54) is 6.26 Å². The van der Waals surface area contributed by atoms with Crippen molar-refractivity contribution in [2.24, 2.45) is 5.73 Å². The number of hydrogen-bond donors (Lipinski definition) is 1. The van der Waals surface area contributed by atoms with Gasteiger partial charge in [-0.2, -0.15) is 0 Å². The minimum atomic E-state index is -2.63. The molecule has 7 heteroatoms. The molecule has 0 spiro atoms. The van der Waals surface area contributed by atoms with Crippen molar-refractivity contribution >= 4 is 14.7 Å². The van der Waals surface area contributed by atoms with Crippen LogP contribution in [-0.4, -0.2) is 39.6 Å². The number of rotatable bonds is 1. The molecule has 22 heavy (non-hydrogen) atoms. The number of carbonyl (C=O) groups excluding carboxylic acids is 1. The molecule has 0 aromatic carbocycles. The van der Waals surface area contributed by atoms with Gasteiger partial charge in [0.15, 0.2) is 6.10 Å². The molecule has 0 unspecified atom stereocenters. The Balaban J connectivity index is 2.35. The van der Waals surface area contributed by atoms with E-state index in [1.807, 2.05) is 0 Å². The summed E-state index contributed by atoms with van der Waals surface area (Å²) in [5.74, 6) is 0. The van der Waals surface area contributed by atoms with Crippen LogP contribution < -0.4 is 5.73 Å². The molecule has 0 aromatic heterocycles. The van der Waals surface area contributed by atoms with Gasteiger partial charge in [0.05, 0.1) is 12.9 Å². The first kappa shape index (κ1) is 17.3. The second-order valence-corrected chi connectivity index (χ2v) is 12.7. The predicted molar refractivity (Wildman–Crippen MR) is 84.5 cm³/mol. The lowest BCUT2D eigenvalue weighted by Gasteiger charge is -2.55. The molecule has 1 amide bonds. The van der Waals surface area contributed by atoms with Crippen LogP contribution in [0.4, 0.5) is 4.79 Å². The topological polar surface area (TPSA) is 80.0 Å². The summed E-state index contributed by atoms with van der Waals surface area (Å²) in [4.78, 5) is 11.1. The van der Waals surface area contributed by atoms with Crippen molar-refractivity contribution in [2.75, 3.05) is 6.61 Å². The van der Waals surface area contributed by atoms with Crippen molar-refractivity contribution in [3.8, 4) is 0 Å². The normalized spacial score (nSPS) is 31.1. The molecule has 1 fully saturated rings. The summed E-state index contributed by atoms with van der Waals surface area (Å²) in [6.45, 7) is 13.2. The van der Waals surface area contributed by atoms with Crippen LogP contribution in [0.1, 0.15) is 41.5 Å². The Hall–Kier alpha value is -1.05. The van der Waals surface area contributed by atoms with Gasteiger partial charge in [-0.05, 0) is 6.08 Å². The quantitative estimate of drug-likeness (QED) is 0.748. The van der Waals surface area contributed by atoms with Crippen LogP contribution in [-0.2, 0) is 18.3 Å². The van der Waals surface area contributed by atoms with Crippen LogP contribution in [0.3, 0.4) is 0 Å². The molecule has 2 rings (SSSR count). The molecule has 2 aliphatic rings. The standard InChI is InChI=1S/C15H27NO5Si/c1-14(2,3)22(15(4,5)6)19-9-11-12(21-22)10(7-8-18-11)20-13(16)17/h7-8,10-12H,9H2,1-6H3,(H2,16,17)/t10-,11-,12+/m1/s1. The van der Waals surface area contributed by atoms with Crippen molar-refractivity contribution in [3.63, 3.8) is 0 Å². The van der Waals surface area contributed by atoms with E-state index in [1.54, 1.807) is 6.08 Å². The van der Waals surface area contributed by atoms with Crippen molar-refractivity contribution < 1.29 is 23.1 Å². The van der Waals surface area contributed by atoms with Gasteiger partial charge in [0.2, 0.25) is 0 Å². The summed E-state index contributed by atoms with van der Waals surface area (Å²) in [7, 11) is -2.63. The fourth-order valence-electron chi connectivity index (χ4n) is 3.48. The van der Waals surface area contributed by atoms with Gasteiger partial charge in [0.25, 0.3) is 0 Å². The number of primary amides is 1. The van der Waals surface area contributed by atoms with Crippen molar-refractivity contribution in [1.29, 1.82) is 0 Å². The summed E-state index contributed by atoms with van der Waals surface area (Å²) in [5, 5.41) is -0.288. The van der Waals surface area contributed by atoms with Gasteiger partial charge in [-0.1, -0.05) is 41.5 Å². The van der Waals surface area contributed by atoms with Gasteiger partial charge in [0.1, 0.15) is 12.2 Å². The van der Waals surface area contributed by atoms with Crippen LogP contribution in [0.5, 0.6) is 0 Å². The maximum absolute atomic E-state index is 11.1. The fourth-order valence-corrected chi connectivity index (χ4v) is 8.44. The molecule has 0 radical (unpaired) electrons. The highest BCUT2D eigenvalue weighted by Crippen LogP contribution is 2.54. The van der Waals surface area contributed by atoms with E-state index in [0.29, 0.717) is 6.61 Å². The van der Waals surface area contributed by atoms with Gasteiger partial charge in [-0.25, -0.2) is 4.79 Å². The van der Waals surface area contributed by atoms with E-state index in [4.69, 9.17) is 24.1 Å². The van der Waals surface area contributed by atoms with Gasteiger partial charge in [-0.3, -0.25) is 0 Å². The molecule has 0 bridgehead atoms. The van der Waals surface area contributed by atoms with Crippen LogP contribution in [0.15, 0.2) is 12.3 Å². The number of carbonyl (C=O) groups is 1. The second kappa shape index (κ2) is 5.54. The smallest absolute Gasteiger partial charge is 0.405 e. The van der Waals surface area contributed by atoms with E-state index in [-0.39, 0.29) is 16.2 Å². The van der Waals surface area contributed by atoms with Crippen LogP contribution in [0, 0.1) is 0 Å². The van der Waals surface area contributed by atoms with Crippen molar-refractivity contribution in [1.82, 2.24) is 0 Å². The Labute approximate surface area is 133 Å². The Morgan fingerprint density at radius 2 is 1.82 bits per heavy atom. The summed E-state index contributed by atoms with van der Waals surface area (Å²) < 4.78 is 23.6. The average molecular weight is 329 g/mol. The average Bonchev–Trinajstić information content (AvgIpc) is 2.35. The molecule has 2 aliphatic heterocycles. The van der Waals surface area contributed by atoms with Gasteiger partial charge >= 0.3 is 14.7 Å². The van der Waals surface area contributed by atoms with E-state index >= 15 is 0 Å². The van der Waals surface area contributed by atoms with Crippen LogP contribution >= 0.6 is 0 Å². The molecular formula is C15H27NO5Si. The van der Waals surface area contributed by atoms with Crippen LogP contribution in [0.25, 0.3) is 0 Å². The fraction of sp³-hybridized carbons (Fsp3) is 0.800. The maximum atomic E-state index is 11.1. The Morgan fingerprint density at radius 3 is 2.32 bits per heavy atom. The molecule has 126 valence electrons. The summed E-state index contributed by atoms with van der Waals surface area (Å²) in [6, 6.07) is 0. The first-order chi connectivity index (χ1) is 9.98. The number of ether oxygens (including phenoxy) is 2. The van der Waals surface area contributed by atoms with E-state index < -0.39 is 26.9 Å². The lowest BCUT2D eigenvalue weighted by molar-refractivity contribution is -0.123. The Bertz CT molecular complexity index is 452. The Morgan fingerprint density at radius 1 is 1.23 bits per heavy atom. The highest BCUT2D eigenvalue weighted by atomic mass is 28.4. The van der Waals surface area contributed by atoms with E-state index in [2.05, 4.69) is 41.5 Å². The summed E-state index contributed by atoms with van der Waals surface area (Å²) >= 11 is 0. The Kier molecular flexibility index (Phi) is 4.36. The molecule has 1 saturated heterocycles.